The molecule has 4 heteroatoms. The van der Waals surface area contributed by atoms with E-state index in [0.29, 0.717) is 12.3 Å². The molecule has 0 aromatic heterocycles. The molecular formula is C8H17NO2S. The fourth-order valence-corrected chi connectivity index (χ4v) is 1.39. The first-order chi connectivity index (χ1) is 5.66. The summed E-state index contributed by atoms with van der Waals surface area (Å²) in [6.45, 7) is 4.39. The van der Waals surface area contributed by atoms with E-state index in [9.17, 15) is 4.79 Å². The average molecular weight is 191 g/mol. The van der Waals surface area contributed by atoms with E-state index >= 15 is 0 Å². The van der Waals surface area contributed by atoms with Gasteiger partial charge in [-0.1, -0.05) is 0 Å². The zero-order valence-corrected chi connectivity index (χ0v) is 8.52. The number of ether oxygens (including phenoxy) is 1. The summed E-state index contributed by atoms with van der Waals surface area (Å²) in [5, 5.41) is 0. The lowest BCUT2D eigenvalue weighted by molar-refractivity contribution is -0.144. The van der Waals surface area contributed by atoms with E-state index in [2.05, 4.69) is 0 Å². The Morgan fingerprint density at radius 1 is 1.58 bits per heavy atom. The van der Waals surface area contributed by atoms with Gasteiger partial charge in [0.05, 0.1) is 11.9 Å². The van der Waals surface area contributed by atoms with Crippen LogP contribution in [0.3, 0.4) is 0 Å². The van der Waals surface area contributed by atoms with Crippen LogP contribution in [-0.4, -0.2) is 30.1 Å². The van der Waals surface area contributed by atoms with E-state index in [-0.39, 0.29) is 12.1 Å². The first kappa shape index (κ1) is 11.8. The van der Waals surface area contributed by atoms with Crippen LogP contribution in [-0.2, 0) is 9.53 Å². The van der Waals surface area contributed by atoms with Crippen molar-refractivity contribution in [3.63, 3.8) is 0 Å². The van der Waals surface area contributed by atoms with Crippen LogP contribution in [0.5, 0.6) is 0 Å². The second kappa shape index (κ2) is 7.43. The quantitative estimate of drug-likeness (QED) is 0.503. The van der Waals surface area contributed by atoms with Crippen LogP contribution in [0.1, 0.15) is 20.3 Å². The third-order valence-corrected chi connectivity index (χ3v) is 2.10. The van der Waals surface area contributed by atoms with Gasteiger partial charge in [0.1, 0.15) is 0 Å². The highest BCUT2D eigenvalue weighted by molar-refractivity contribution is 7.99. The van der Waals surface area contributed by atoms with Crippen LogP contribution in [0, 0.1) is 0 Å². The Morgan fingerprint density at radius 2 is 2.25 bits per heavy atom. The zero-order chi connectivity index (χ0) is 9.40. The van der Waals surface area contributed by atoms with Crippen molar-refractivity contribution in [2.24, 2.45) is 5.73 Å². The number of thioether (sulfide) groups is 1. The molecule has 72 valence electrons. The molecule has 0 rings (SSSR count). The highest BCUT2D eigenvalue weighted by atomic mass is 32.2. The topological polar surface area (TPSA) is 52.3 Å². The fourth-order valence-electron chi connectivity index (χ4n) is 0.638. The van der Waals surface area contributed by atoms with Gasteiger partial charge in [0.25, 0.3) is 0 Å². The Kier molecular flexibility index (Phi) is 7.29. The molecule has 0 saturated heterocycles. The molecule has 0 unspecified atom stereocenters. The Bertz CT molecular complexity index is 128. The van der Waals surface area contributed by atoms with Gasteiger partial charge in [-0.25, -0.2) is 0 Å². The molecule has 12 heavy (non-hydrogen) atoms. The first-order valence-electron chi connectivity index (χ1n) is 4.14. The summed E-state index contributed by atoms with van der Waals surface area (Å²) in [6.07, 6.45) is 0.951. The Balaban J connectivity index is 3.20. The largest absolute Gasteiger partial charge is 0.462 e. The number of esters is 1. The van der Waals surface area contributed by atoms with E-state index in [0.717, 1.165) is 12.2 Å². The first-order valence-corrected chi connectivity index (χ1v) is 5.29. The van der Waals surface area contributed by atoms with Crippen LogP contribution in [0.4, 0.5) is 0 Å². The normalized spacial score (nSPS) is 10.3. The molecule has 0 amide bonds. The predicted octanol–water partition coefficient (Wildman–Crippen LogP) is 1.02. The molecule has 2 N–H and O–H groups in total. The van der Waals surface area contributed by atoms with Crippen molar-refractivity contribution in [3.05, 3.63) is 0 Å². The number of hydrogen-bond acceptors (Lipinski definition) is 4. The summed E-state index contributed by atoms with van der Waals surface area (Å²) in [5.41, 5.74) is 5.30. The molecule has 0 aromatic carbocycles. The minimum absolute atomic E-state index is 0.00684. The highest BCUT2D eigenvalue weighted by Gasteiger charge is 2.04. The molecule has 0 radical (unpaired) electrons. The van der Waals surface area contributed by atoms with Gasteiger partial charge >= 0.3 is 5.97 Å². The maximum absolute atomic E-state index is 10.9. The van der Waals surface area contributed by atoms with E-state index in [1.54, 1.807) is 11.8 Å². The van der Waals surface area contributed by atoms with E-state index in [1.165, 1.54) is 0 Å². The predicted molar refractivity (Wildman–Crippen MR) is 52.2 cm³/mol. The smallest absolute Gasteiger partial charge is 0.316 e. The van der Waals surface area contributed by atoms with Gasteiger partial charge in [0, 0.05) is 0 Å². The van der Waals surface area contributed by atoms with E-state index < -0.39 is 0 Å². The van der Waals surface area contributed by atoms with Crippen LogP contribution < -0.4 is 5.73 Å². The van der Waals surface area contributed by atoms with Crippen LogP contribution in [0.2, 0.25) is 0 Å². The zero-order valence-electron chi connectivity index (χ0n) is 7.71. The third kappa shape index (κ3) is 7.88. The van der Waals surface area contributed by atoms with Crippen molar-refractivity contribution in [2.45, 2.75) is 26.4 Å². The van der Waals surface area contributed by atoms with Crippen molar-refractivity contribution in [3.8, 4) is 0 Å². The van der Waals surface area contributed by atoms with Gasteiger partial charge in [-0.3, -0.25) is 4.79 Å². The van der Waals surface area contributed by atoms with Gasteiger partial charge in [-0.05, 0) is 32.6 Å². The van der Waals surface area contributed by atoms with Gasteiger partial charge in [0.15, 0.2) is 0 Å². The lowest BCUT2D eigenvalue weighted by atomic mass is 10.5. The second-order valence-electron chi connectivity index (χ2n) is 2.73. The van der Waals surface area contributed by atoms with Gasteiger partial charge < -0.3 is 10.5 Å². The average Bonchev–Trinajstić information content (AvgIpc) is 1.97. The Labute approximate surface area is 78.0 Å². The van der Waals surface area contributed by atoms with Crippen LogP contribution >= 0.6 is 11.8 Å². The maximum atomic E-state index is 10.9. The standard InChI is InChI=1S/C8H17NO2S/c1-7(2)11-8(10)6-12-5-3-4-9/h7H,3-6,9H2,1-2H3. The van der Waals surface area contributed by atoms with E-state index in [4.69, 9.17) is 10.5 Å². The van der Waals surface area contributed by atoms with Crippen molar-refractivity contribution in [2.75, 3.05) is 18.1 Å². The molecule has 0 aliphatic heterocycles. The maximum Gasteiger partial charge on any atom is 0.316 e. The molecule has 0 heterocycles. The summed E-state index contributed by atoms with van der Waals surface area (Å²) < 4.78 is 4.94. The summed E-state index contributed by atoms with van der Waals surface area (Å²) in [5.74, 6) is 1.24. The number of nitrogens with two attached hydrogens (primary N) is 1. The van der Waals surface area contributed by atoms with Crippen molar-refractivity contribution in [1.82, 2.24) is 0 Å². The fraction of sp³-hybridized carbons (Fsp3) is 0.875. The lowest BCUT2D eigenvalue weighted by Crippen LogP contribution is -2.13. The lowest BCUT2D eigenvalue weighted by Gasteiger charge is -2.06. The Morgan fingerprint density at radius 3 is 2.75 bits per heavy atom. The van der Waals surface area contributed by atoms with Crippen molar-refractivity contribution < 1.29 is 9.53 Å². The molecule has 0 atom stereocenters. The third-order valence-electron chi connectivity index (χ3n) is 1.08. The van der Waals surface area contributed by atoms with Crippen LogP contribution in [0.25, 0.3) is 0 Å². The second-order valence-corrected chi connectivity index (χ2v) is 3.84. The number of rotatable bonds is 6. The van der Waals surface area contributed by atoms with Gasteiger partial charge in [0.2, 0.25) is 0 Å². The van der Waals surface area contributed by atoms with E-state index in [1.807, 2.05) is 13.8 Å². The van der Waals surface area contributed by atoms with Gasteiger partial charge in [-0.15, -0.1) is 0 Å². The van der Waals surface area contributed by atoms with Crippen molar-refractivity contribution in [1.29, 1.82) is 0 Å². The molecule has 0 fully saturated rings. The molecule has 3 nitrogen and oxygen atoms in total. The summed E-state index contributed by atoms with van der Waals surface area (Å²) >= 11 is 1.57. The molecular weight excluding hydrogens is 174 g/mol. The minimum Gasteiger partial charge on any atom is -0.462 e. The summed E-state index contributed by atoms with van der Waals surface area (Å²) in [4.78, 5) is 10.9. The number of carbonyl (C=O) groups excluding carboxylic acids is 1. The SMILES string of the molecule is CC(C)OC(=O)CSCCCN. The summed E-state index contributed by atoms with van der Waals surface area (Å²) in [6, 6.07) is 0. The number of hydrogen-bond donors (Lipinski definition) is 1. The summed E-state index contributed by atoms with van der Waals surface area (Å²) in [7, 11) is 0. The molecule has 0 spiro atoms. The molecule has 0 saturated carbocycles. The van der Waals surface area contributed by atoms with Crippen LogP contribution in [0.15, 0.2) is 0 Å². The highest BCUT2D eigenvalue weighted by Crippen LogP contribution is 2.03. The Hall–Kier alpha value is -0.220. The molecule has 0 bridgehead atoms. The minimum atomic E-state index is -0.132. The monoisotopic (exact) mass is 191 g/mol. The number of carbonyl (C=O) groups is 1. The molecule has 0 aliphatic rings. The molecule has 0 aliphatic carbocycles. The van der Waals surface area contributed by atoms with Gasteiger partial charge in [-0.2, -0.15) is 11.8 Å². The molecule has 0 aromatic rings. The van der Waals surface area contributed by atoms with Crippen molar-refractivity contribution >= 4 is 17.7 Å².